The lowest BCUT2D eigenvalue weighted by atomic mass is 10.2. The lowest BCUT2D eigenvalue weighted by Crippen LogP contribution is -2.04. The maximum Gasteiger partial charge on any atom is 0.191 e. The molecule has 0 unspecified atom stereocenters. The van der Waals surface area contributed by atoms with Gasteiger partial charge in [0.1, 0.15) is 5.75 Å². The van der Waals surface area contributed by atoms with Crippen molar-refractivity contribution in [2.75, 3.05) is 12.4 Å². The average Bonchev–Trinajstić information content (AvgIpc) is 3.22. The molecule has 2 aromatic heterocycles. The fraction of sp³-hybridized carbons (Fsp3) is 0.294. The molecule has 0 spiro atoms. The zero-order valence-corrected chi connectivity index (χ0v) is 14.9. The van der Waals surface area contributed by atoms with Crippen LogP contribution in [0, 0.1) is 6.92 Å². The number of thioether (sulfide) groups is 1. The number of aryl methyl sites for hydroxylation is 1. The first-order valence-corrected chi connectivity index (χ1v) is 9.44. The summed E-state index contributed by atoms with van der Waals surface area (Å²) in [6.07, 6.45) is 0. The molecule has 0 saturated heterocycles. The maximum atomic E-state index is 5.83. The van der Waals surface area contributed by atoms with Gasteiger partial charge in [-0.1, -0.05) is 36.0 Å². The van der Waals surface area contributed by atoms with Crippen LogP contribution < -0.4 is 4.74 Å². The van der Waals surface area contributed by atoms with E-state index >= 15 is 0 Å². The highest BCUT2D eigenvalue weighted by Gasteiger charge is 2.13. The minimum Gasteiger partial charge on any atom is -0.492 e. The largest absolute Gasteiger partial charge is 0.492 e. The summed E-state index contributed by atoms with van der Waals surface area (Å²) in [6.45, 7) is 5.69. The topological polar surface area (TPSA) is 39.9 Å². The van der Waals surface area contributed by atoms with Crippen LogP contribution in [0.5, 0.6) is 5.75 Å². The Bertz CT molecular complexity index is 753. The average molecular weight is 345 g/mol. The van der Waals surface area contributed by atoms with Gasteiger partial charge in [0.15, 0.2) is 11.0 Å². The number of hydrogen-bond donors (Lipinski definition) is 0. The summed E-state index contributed by atoms with van der Waals surface area (Å²) in [4.78, 5) is 1.15. The number of rotatable bonds is 7. The van der Waals surface area contributed by atoms with Crippen molar-refractivity contribution in [3.8, 4) is 16.5 Å². The van der Waals surface area contributed by atoms with Gasteiger partial charge < -0.3 is 9.30 Å². The van der Waals surface area contributed by atoms with Gasteiger partial charge in [0, 0.05) is 12.3 Å². The predicted octanol–water partition coefficient (Wildman–Crippen LogP) is 4.51. The first-order valence-electron chi connectivity index (χ1n) is 7.58. The molecular weight excluding hydrogens is 326 g/mol. The van der Waals surface area contributed by atoms with Crippen molar-refractivity contribution in [3.63, 3.8) is 0 Å². The quantitative estimate of drug-likeness (QED) is 0.467. The fourth-order valence-electron chi connectivity index (χ4n) is 2.27. The van der Waals surface area contributed by atoms with Crippen LogP contribution >= 0.6 is 23.1 Å². The van der Waals surface area contributed by atoms with Gasteiger partial charge in [-0.15, -0.1) is 21.5 Å². The highest BCUT2D eigenvalue weighted by Crippen LogP contribution is 2.27. The molecule has 3 aromatic rings. The third-order valence-corrected chi connectivity index (χ3v) is 5.24. The molecule has 0 saturated carbocycles. The third-order valence-electron chi connectivity index (χ3n) is 3.44. The summed E-state index contributed by atoms with van der Waals surface area (Å²) in [6, 6.07) is 12.2. The number of thiophene rings is 1. The maximum absolute atomic E-state index is 5.83. The lowest BCUT2D eigenvalue weighted by Gasteiger charge is -2.09. The molecule has 0 N–H and O–H groups in total. The first-order chi connectivity index (χ1) is 11.3. The van der Waals surface area contributed by atoms with Crippen molar-refractivity contribution >= 4 is 23.1 Å². The van der Waals surface area contributed by atoms with E-state index in [0.29, 0.717) is 6.61 Å². The Morgan fingerprint density at radius 2 is 2.04 bits per heavy atom. The van der Waals surface area contributed by atoms with E-state index in [0.717, 1.165) is 39.5 Å². The van der Waals surface area contributed by atoms with Crippen LogP contribution in [0.4, 0.5) is 0 Å². The van der Waals surface area contributed by atoms with Gasteiger partial charge in [0.25, 0.3) is 0 Å². The second-order valence-corrected chi connectivity index (χ2v) is 7.00. The smallest absolute Gasteiger partial charge is 0.191 e. The van der Waals surface area contributed by atoms with E-state index in [1.807, 2.05) is 24.3 Å². The van der Waals surface area contributed by atoms with Crippen molar-refractivity contribution in [1.29, 1.82) is 0 Å². The molecule has 0 amide bonds. The van der Waals surface area contributed by atoms with Gasteiger partial charge in [-0.2, -0.15) is 0 Å². The molecule has 0 aliphatic heterocycles. The molecule has 3 rings (SSSR count). The molecule has 6 heteroatoms. The highest BCUT2D eigenvalue weighted by atomic mass is 32.2. The lowest BCUT2D eigenvalue weighted by molar-refractivity contribution is 0.341. The van der Waals surface area contributed by atoms with E-state index in [4.69, 9.17) is 4.74 Å². The molecule has 0 radical (unpaired) electrons. The third kappa shape index (κ3) is 3.76. The summed E-state index contributed by atoms with van der Waals surface area (Å²) in [5.74, 6) is 2.74. The normalized spacial score (nSPS) is 10.9. The monoisotopic (exact) mass is 345 g/mol. The molecule has 0 aliphatic rings. The van der Waals surface area contributed by atoms with Gasteiger partial charge in [-0.3, -0.25) is 0 Å². The van der Waals surface area contributed by atoms with E-state index < -0.39 is 0 Å². The summed E-state index contributed by atoms with van der Waals surface area (Å²) >= 11 is 3.37. The van der Waals surface area contributed by atoms with Crippen molar-refractivity contribution in [1.82, 2.24) is 14.8 Å². The highest BCUT2D eigenvalue weighted by molar-refractivity contribution is 7.99. The molecule has 0 atom stereocenters. The standard InChI is InChI=1S/C17H19N3OS2/c1-3-20-16(15-9-6-11-22-15)18-19-17(20)23-12-10-21-14-8-5-4-7-13(14)2/h4-9,11H,3,10,12H2,1-2H3. The van der Waals surface area contributed by atoms with Crippen LogP contribution in [-0.2, 0) is 6.54 Å². The molecule has 23 heavy (non-hydrogen) atoms. The van der Waals surface area contributed by atoms with Gasteiger partial charge in [-0.05, 0) is 36.9 Å². The second kappa shape index (κ2) is 7.66. The molecule has 0 aliphatic carbocycles. The summed E-state index contributed by atoms with van der Waals surface area (Å²) in [5, 5.41) is 11.7. The SMILES string of the molecule is CCn1c(SCCOc2ccccc2C)nnc1-c1cccs1. The zero-order chi connectivity index (χ0) is 16.1. The number of benzene rings is 1. The van der Waals surface area contributed by atoms with Crippen LogP contribution in [0.15, 0.2) is 46.9 Å². The molecule has 4 nitrogen and oxygen atoms in total. The van der Waals surface area contributed by atoms with Crippen molar-refractivity contribution < 1.29 is 4.74 Å². The van der Waals surface area contributed by atoms with Crippen molar-refractivity contribution in [2.24, 2.45) is 0 Å². The Morgan fingerprint density at radius 1 is 1.17 bits per heavy atom. The predicted molar refractivity (Wildman–Crippen MR) is 96.4 cm³/mol. The van der Waals surface area contributed by atoms with Crippen molar-refractivity contribution in [2.45, 2.75) is 25.5 Å². The first kappa shape index (κ1) is 16.1. The van der Waals surface area contributed by atoms with Crippen LogP contribution in [0.2, 0.25) is 0 Å². The Balaban J connectivity index is 1.60. The summed E-state index contributed by atoms with van der Waals surface area (Å²) < 4.78 is 7.99. The van der Waals surface area contributed by atoms with E-state index in [9.17, 15) is 0 Å². The van der Waals surface area contributed by atoms with Crippen LogP contribution in [0.3, 0.4) is 0 Å². The molecule has 0 fully saturated rings. The minimum absolute atomic E-state index is 0.653. The van der Waals surface area contributed by atoms with Crippen LogP contribution in [0.25, 0.3) is 10.7 Å². The van der Waals surface area contributed by atoms with Gasteiger partial charge in [0.05, 0.1) is 11.5 Å². The van der Waals surface area contributed by atoms with Gasteiger partial charge in [0.2, 0.25) is 0 Å². The number of para-hydroxylation sites is 1. The van der Waals surface area contributed by atoms with E-state index in [-0.39, 0.29) is 0 Å². The fourth-order valence-corrected chi connectivity index (χ4v) is 3.81. The number of aromatic nitrogens is 3. The van der Waals surface area contributed by atoms with Gasteiger partial charge in [-0.25, -0.2) is 0 Å². The Kier molecular flexibility index (Phi) is 5.35. The number of ether oxygens (including phenoxy) is 1. The molecule has 120 valence electrons. The van der Waals surface area contributed by atoms with E-state index in [1.54, 1.807) is 23.1 Å². The zero-order valence-electron chi connectivity index (χ0n) is 13.2. The molecule has 2 heterocycles. The Labute approximate surface area is 144 Å². The van der Waals surface area contributed by atoms with E-state index in [1.165, 1.54) is 0 Å². The summed E-state index contributed by atoms with van der Waals surface area (Å²) in [5.41, 5.74) is 1.16. The minimum atomic E-state index is 0.653. The van der Waals surface area contributed by atoms with Crippen LogP contribution in [-0.4, -0.2) is 27.1 Å². The molecule has 0 bridgehead atoms. The molecular formula is C17H19N3OS2. The number of nitrogens with zero attached hydrogens (tertiary/aromatic N) is 3. The second-order valence-electron chi connectivity index (χ2n) is 4.99. The number of hydrogen-bond acceptors (Lipinski definition) is 5. The summed E-state index contributed by atoms with van der Waals surface area (Å²) in [7, 11) is 0. The Hall–Kier alpha value is -1.79. The Morgan fingerprint density at radius 3 is 2.78 bits per heavy atom. The van der Waals surface area contributed by atoms with Crippen molar-refractivity contribution in [3.05, 3.63) is 47.3 Å². The van der Waals surface area contributed by atoms with Gasteiger partial charge >= 0.3 is 0 Å². The van der Waals surface area contributed by atoms with E-state index in [2.05, 4.69) is 46.1 Å². The molecule has 1 aromatic carbocycles. The van der Waals surface area contributed by atoms with Crippen LogP contribution in [0.1, 0.15) is 12.5 Å².